The van der Waals surface area contributed by atoms with Crippen LogP contribution >= 0.6 is 0 Å². The topological polar surface area (TPSA) is 67.9 Å². The first kappa shape index (κ1) is 19.1. The van der Waals surface area contributed by atoms with Crippen molar-refractivity contribution in [3.8, 4) is 5.75 Å². The SMILES string of the molecule is CCOC(=O)N1CCC(NC(=O)Cc2cc(C)c(OC)cc2C)CC1. The zero-order valence-corrected chi connectivity index (χ0v) is 15.6. The maximum absolute atomic E-state index is 12.4. The van der Waals surface area contributed by atoms with E-state index >= 15 is 0 Å². The number of ether oxygens (including phenoxy) is 2. The minimum Gasteiger partial charge on any atom is -0.496 e. The molecule has 1 heterocycles. The number of hydrogen-bond donors (Lipinski definition) is 1. The highest BCUT2D eigenvalue weighted by molar-refractivity contribution is 5.79. The fourth-order valence-corrected chi connectivity index (χ4v) is 3.13. The number of piperidine rings is 1. The number of benzene rings is 1. The summed E-state index contributed by atoms with van der Waals surface area (Å²) in [5.74, 6) is 0.857. The number of carbonyl (C=O) groups excluding carboxylic acids is 2. The summed E-state index contributed by atoms with van der Waals surface area (Å²) in [6, 6.07) is 4.09. The number of nitrogens with one attached hydrogen (secondary N) is 1. The number of methoxy groups -OCH3 is 1. The van der Waals surface area contributed by atoms with Crippen molar-refractivity contribution >= 4 is 12.0 Å². The van der Waals surface area contributed by atoms with Crippen LogP contribution in [0.2, 0.25) is 0 Å². The molecule has 1 saturated heterocycles. The van der Waals surface area contributed by atoms with Crippen molar-refractivity contribution in [2.75, 3.05) is 26.8 Å². The van der Waals surface area contributed by atoms with Gasteiger partial charge in [0.25, 0.3) is 0 Å². The zero-order chi connectivity index (χ0) is 18.4. The van der Waals surface area contributed by atoms with Crippen molar-refractivity contribution in [1.29, 1.82) is 0 Å². The predicted molar refractivity (Wildman–Crippen MR) is 95.9 cm³/mol. The number of nitrogens with zero attached hydrogens (tertiary/aromatic N) is 1. The number of rotatable bonds is 5. The van der Waals surface area contributed by atoms with E-state index in [9.17, 15) is 9.59 Å². The summed E-state index contributed by atoms with van der Waals surface area (Å²) in [6.45, 7) is 7.38. The maximum Gasteiger partial charge on any atom is 0.409 e. The van der Waals surface area contributed by atoms with Gasteiger partial charge in [0.05, 0.1) is 20.1 Å². The summed E-state index contributed by atoms with van der Waals surface area (Å²) in [4.78, 5) is 25.8. The van der Waals surface area contributed by atoms with Gasteiger partial charge in [-0.3, -0.25) is 4.79 Å². The molecule has 6 nitrogen and oxygen atoms in total. The number of carbonyl (C=O) groups is 2. The van der Waals surface area contributed by atoms with Gasteiger partial charge in [-0.05, 0) is 56.4 Å². The molecule has 25 heavy (non-hydrogen) atoms. The summed E-state index contributed by atoms with van der Waals surface area (Å²) in [5, 5.41) is 3.09. The molecule has 1 aromatic rings. The Balaban J connectivity index is 1.86. The van der Waals surface area contributed by atoms with Crippen LogP contribution in [0.15, 0.2) is 12.1 Å². The Hall–Kier alpha value is -2.24. The molecular formula is C19H28N2O4. The molecule has 0 radical (unpaired) electrons. The Bertz CT molecular complexity index is 622. The second-order valence-electron chi connectivity index (χ2n) is 6.45. The summed E-state index contributed by atoms with van der Waals surface area (Å²) in [5.41, 5.74) is 3.09. The van der Waals surface area contributed by atoms with Gasteiger partial charge in [0.2, 0.25) is 5.91 Å². The number of aryl methyl sites for hydroxylation is 2. The molecule has 0 aromatic heterocycles. The molecule has 1 N–H and O–H groups in total. The van der Waals surface area contributed by atoms with Crippen LogP contribution in [-0.2, 0) is 16.0 Å². The van der Waals surface area contributed by atoms with Gasteiger partial charge in [-0.1, -0.05) is 6.07 Å². The summed E-state index contributed by atoms with van der Waals surface area (Å²) in [6.07, 6.45) is 1.60. The molecule has 2 amide bonds. The van der Waals surface area contributed by atoms with E-state index in [1.807, 2.05) is 26.0 Å². The molecule has 0 saturated carbocycles. The lowest BCUT2D eigenvalue weighted by Crippen LogP contribution is -2.47. The van der Waals surface area contributed by atoms with Crippen LogP contribution in [0.3, 0.4) is 0 Å². The van der Waals surface area contributed by atoms with Crippen molar-refractivity contribution in [3.05, 3.63) is 28.8 Å². The molecule has 1 aromatic carbocycles. The Morgan fingerprint density at radius 1 is 1.20 bits per heavy atom. The first-order valence-electron chi connectivity index (χ1n) is 8.79. The fraction of sp³-hybridized carbons (Fsp3) is 0.579. The highest BCUT2D eigenvalue weighted by Gasteiger charge is 2.24. The molecule has 138 valence electrons. The molecule has 6 heteroatoms. The van der Waals surface area contributed by atoms with Crippen LogP contribution in [-0.4, -0.2) is 49.7 Å². The molecule has 0 spiro atoms. The molecular weight excluding hydrogens is 320 g/mol. The van der Waals surface area contributed by atoms with Gasteiger partial charge in [0.1, 0.15) is 5.75 Å². The summed E-state index contributed by atoms with van der Waals surface area (Å²) in [7, 11) is 1.65. The van der Waals surface area contributed by atoms with Crippen LogP contribution in [0, 0.1) is 13.8 Å². The van der Waals surface area contributed by atoms with Crippen LogP contribution in [0.4, 0.5) is 4.79 Å². The van der Waals surface area contributed by atoms with E-state index in [0.29, 0.717) is 26.1 Å². The van der Waals surface area contributed by atoms with Crippen LogP contribution in [0.1, 0.15) is 36.5 Å². The minimum atomic E-state index is -0.267. The fourth-order valence-electron chi connectivity index (χ4n) is 3.13. The van der Waals surface area contributed by atoms with Gasteiger partial charge in [0.15, 0.2) is 0 Å². The number of likely N-dealkylation sites (tertiary alicyclic amines) is 1. The lowest BCUT2D eigenvalue weighted by atomic mass is 10.0. The first-order chi connectivity index (χ1) is 11.9. The van der Waals surface area contributed by atoms with Gasteiger partial charge in [-0.2, -0.15) is 0 Å². The van der Waals surface area contributed by atoms with Gasteiger partial charge in [0, 0.05) is 19.1 Å². The van der Waals surface area contributed by atoms with Crippen LogP contribution in [0.5, 0.6) is 5.75 Å². The summed E-state index contributed by atoms with van der Waals surface area (Å²) >= 11 is 0. The average molecular weight is 348 g/mol. The Morgan fingerprint density at radius 2 is 1.88 bits per heavy atom. The first-order valence-corrected chi connectivity index (χ1v) is 8.79. The van der Waals surface area contributed by atoms with Crippen LogP contribution in [0.25, 0.3) is 0 Å². The van der Waals surface area contributed by atoms with Crippen molar-refractivity contribution in [2.24, 2.45) is 0 Å². The highest BCUT2D eigenvalue weighted by Crippen LogP contribution is 2.23. The average Bonchev–Trinajstić information content (AvgIpc) is 2.58. The lowest BCUT2D eigenvalue weighted by molar-refractivity contribution is -0.121. The van der Waals surface area contributed by atoms with E-state index in [-0.39, 0.29) is 18.0 Å². The lowest BCUT2D eigenvalue weighted by Gasteiger charge is -2.31. The third kappa shape index (κ3) is 5.11. The van der Waals surface area contributed by atoms with Crippen molar-refractivity contribution in [2.45, 2.75) is 46.1 Å². The standard InChI is InChI=1S/C19H28N2O4/c1-5-25-19(23)21-8-6-16(7-9-21)20-18(22)12-15-10-14(3)17(24-4)11-13(15)2/h10-11,16H,5-9,12H2,1-4H3,(H,20,22). The zero-order valence-electron chi connectivity index (χ0n) is 15.6. The molecule has 1 fully saturated rings. The second kappa shape index (κ2) is 8.74. The molecule has 2 rings (SSSR count). The Labute approximate surface area is 149 Å². The van der Waals surface area contributed by atoms with E-state index in [1.54, 1.807) is 18.9 Å². The number of amides is 2. The van der Waals surface area contributed by atoms with E-state index in [1.165, 1.54) is 0 Å². The van der Waals surface area contributed by atoms with E-state index < -0.39 is 0 Å². The van der Waals surface area contributed by atoms with Crippen molar-refractivity contribution < 1.29 is 19.1 Å². The molecule has 0 atom stereocenters. The highest BCUT2D eigenvalue weighted by atomic mass is 16.6. The molecule has 1 aliphatic heterocycles. The van der Waals surface area contributed by atoms with E-state index in [4.69, 9.17) is 9.47 Å². The molecule has 1 aliphatic rings. The Kier molecular flexibility index (Phi) is 6.67. The smallest absolute Gasteiger partial charge is 0.409 e. The molecule has 0 aliphatic carbocycles. The summed E-state index contributed by atoms with van der Waals surface area (Å²) < 4.78 is 10.3. The van der Waals surface area contributed by atoms with Gasteiger partial charge in [-0.25, -0.2) is 4.79 Å². The van der Waals surface area contributed by atoms with Gasteiger partial charge < -0.3 is 19.7 Å². The van der Waals surface area contributed by atoms with E-state index in [2.05, 4.69) is 5.32 Å². The Morgan fingerprint density at radius 3 is 2.48 bits per heavy atom. The normalized spacial score (nSPS) is 15.0. The molecule has 0 unspecified atom stereocenters. The maximum atomic E-state index is 12.4. The van der Waals surface area contributed by atoms with E-state index in [0.717, 1.165) is 35.3 Å². The predicted octanol–water partition coefficient (Wildman–Crippen LogP) is 2.59. The quantitative estimate of drug-likeness (QED) is 0.888. The van der Waals surface area contributed by atoms with Crippen molar-refractivity contribution in [3.63, 3.8) is 0 Å². The van der Waals surface area contributed by atoms with Gasteiger partial charge in [-0.15, -0.1) is 0 Å². The number of hydrogen-bond acceptors (Lipinski definition) is 4. The van der Waals surface area contributed by atoms with Crippen molar-refractivity contribution in [1.82, 2.24) is 10.2 Å². The third-order valence-corrected chi connectivity index (χ3v) is 4.59. The van der Waals surface area contributed by atoms with Gasteiger partial charge >= 0.3 is 6.09 Å². The second-order valence-corrected chi connectivity index (χ2v) is 6.45. The van der Waals surface area contributed by atoms with Crippen LogP contribution < -0.4 is 10.1 Å². The largest absolute Gasteiger partial charge is 0.496 e. The monoisotopic (exact) mass is 348 g/mol. The third-order valence-electron chi connectivity index (χ3n) is 4.59. The molecule has 0 bridgehead atoms. The minimum absolute atomic E-state index is 0.0160.